The van der Waals surface area contributed by atoms with Crippen molar-refractivity contribution in [3.05, 3.63) is 122 Å². The molecule has 0 saturated heterocycles. The predicted octanol–water partition coefficient (Wildman–Crippen LogP) is 7.24. The van der Waals surface area contributed by atoms with Crippen molar-refractivity contribution in [3.63, 3.8) is 0 Å². The Labute approximate surface area is 172 Å². The second-order valence-corrected chi connectivity index (χ2v) is 6.71. The maximum atomic E-state index is 11.0. The van der Waals surface area contributed by atoms with Crippen LogP contribution in [0.1, 0.15) is 28.4 Å². The quantitative estimate of drug-likeness (QED) is 0.275. The Hall–Kier alpha value is -4.28. The van der Waals surface area contributed by atoms with Gasteiger partial charge in [-0.1, -0.05) is 83.0 Å². The van der Waals surface area contributed by atoms with Crippen molar-refractivity contribution in [2.45, 2.75) is 6.10 Å². The highest BCUT2D eigenvalue weighted by Crippen LogP contribution is 2.42. The summed E-state index contributed by atoms with van der Waals surface area (Å²) in [4.78, 5) is 5.56. The van der Waals surface area contributed by atoms with Gasteiger partial charge in [-0.25, -0.2) is 0 Å². The van der Waals surface area contributed by atoms with Gasteiger partial charge in [0.1, 0.15) is 6.10 Å². The zero-order valence-electron chi connectivity index (χ0n) is 15.8. The van der Waals surface area contributed by atoms with Crippen LogP contribution in [0.5, 0.6) is 0 Å². The van der Waals surface area contributed by atoms with Gasteiger partial charge in [0, 0.05) is 21.2 Å². The zero-order chi connectivity index (χ0) is 20.9. The van der Waals surface area contributed by atoms with Crippen molar-refractivity contribution >= 4 is 28.6 Å². The molecule has 0 spiro atoms. The molecule has 1 N–H and O–H groups in total. The van der Waals surface area contributed by atoms with Crippen LogP contribution in [-0.2, 0) is 0 Å². The molecule has 1 unspecified atom stereocenters. The van der Waals surface area contributed by atoms with E-state index < -0.39 is 6.10 Å². The molecule has 144 valence electrons. The molecule has 1 aliphatic carbocycles. The van der Waals surface area contributed by atoms with Crippen LogP contribution in [0.4, 0.5) is 11.4 Å². The molecule has 0 saturated carbocycles. The van der Waals surface area contributed by atoms with E-state index in [0.717, 1.165) is 27.8 Å². The van der Waals surface area contributed by atoms with Crippen molar-refractivity contribution in [3.8, 4) is 0 Å². The lowest BCUT2D eigenvalue weighted by atomic mass is 9.96. The van der Waals surface area contributed by atoms with Crippen LogP contribution in [-0.4, -0.2) is 5.11 Å². The normalized spacial score (nSPS) is 14.3. The summed E-state index contributed by atoms with van der Waals surface area (Å²) in [6.45, 7) is 0. The predicted molar refractivity (Wildman–Crippen MR) is 118 cm³/mol. The van der Waals surface area contributed by atoms with Gasteiger partial charge in [-0.15, -0.1) is 0 Å². The van der Waals surface area contributed by atoms with Crippen LogP contribution in [0.3, 0.4) is 0 Å². The first-order valence-corrected chi connectivity index (χ1v) is 9.21. The number of fused-ring (bicyclic) bond motifs is 1. The number of aliphatic hydroxyl groups excluding tert-OH is 1. The van der Waals surface area contributed by atoms with Gasteiger partial charge in [0.05, 0.1) is 0 Å². The molecule has 0 heterocycles. The van der Waals surface area contributed by atoms with Crippen LogP contribution in [0.2, 0.25) is 0 Å². The van der Waals surface area contributed by atoms with Gasteiger partial charge in [-0.3, -0.25) is 0 Å². The molecule has 30 heavy (non-hydrogen) atoms. The van der Waals surface area contributed by atoms with Gasteiger partial charge in [-0.2, -0.15) is 0 Å². The smallest absolute Gasteiger partial charge is 0.105 e. The number of aliphatic hydroxyl groups is 1. The van der Waals surface area contributed by atoms with Gasteiger partial charge in [0.2, 0.25) is 0 Å². The Morgan fingerprint density at radius 1 is 0.767 bits per heavy atom. The monoisotopic (exact) mass is 392 g/mol. The maximum Gasteiger partial charge on any atom is 0.105 e. The van der Waals surface area contributed by atoms with E-state index in [2.05, 4.69) is 20.1 Å². The molecular weight excluding hydrogens is 376 g/mol. The molecule has 0 bridgehead atoms. The average Bonchev–Trinajstić information content (AvgIpc) is 3.14. The van der Waals surface area contributed by atoms with E-state index in [4.69, 9.17) is 11.1 Å². The van der Waals surface area contributed by atoms with E-state index >= 15 is 0 Å². The largest absolute Gasteiger partial charge is 0.384 e. The second-order valence-electron chi connectivity index (χ2n) is 6.71. The lowest BCUT2D eigenvalue weighted by Gasteiger charge is -2.14. The molecule has 0 radical (unpaired) electrons. The minimum absolute atomic E-state index is 0.499. The lowest BCUT2D eigenvalue weighted by molar-refractivity contribution is 0.238. The topological polar surface area (TPSA) is 118 Å². The Bertz CT molecular complexity index is 1250. The summed E-state index contributed by atoms with van der Waals surface area (Å²) in [6, 6.07) is 22.1. The molecule has 1 aliphatic rings. The highest BCUT2D eigenvalue weighted by Gasteiger charge is 2.24. The molecule has 0 aliphatic heterocycles. The van der Waals surface area contributed by atoms with Gasteiger partial charge >= 0.3 is 0 Å². The molecule has 0 fully saturated rings. The third-order valence-electron chi connectivity index (χ3n) is 4.90. The lowest BCUT2D eigenvalue weighted by Crippen LogP contribution is -1.99. The van der Waals surface area contributed by atoms with E-state index in [0.29, 0.717) is 16.9 Å². The van der Waals surface area contributed by atoms with E-state index in [1.54, 1.807) is 36.4 Å². The number of hydrogen-bond donors (Lipinski definition) is 1. The van der Waals surface area contributed by atoms with E-state index in [1.165, 1.54) is 0 Å². The minimum Gasteiger partial charge on any atom is -0.384 e. The Morgan fingerprint density at radius 2 is 1.33 bits per heavy atom. The van der Waals surface area contributed by atoms with Crippen molar-refractivity contribution in [1.82, 2.24) is 0 Å². The highest BCUT2D eigenvalue weighted by molar-refractivity contribution is 6.02. The zero-order valence-corrected chi connectivity index (χ0v) is 15.8. The fourth-order valence-corrected chi connectivity index (χ4v) is 3.48. The molecule has 0 amide bonds. The number of azide groups is 2. The number of allylic oxidation sites excluding steroid dienone is 2. The summed E-state index contributed by atoms with van der Waals surface area (Å²) in [7, 11) is 0. The first-order valence-electron chi connectivity index (χ1n) is 9.21. The molecule has 3 aromatic rings. The Morgan fingerprint density at radius 3 is 1.93 bits per heavy atom. The van der Waals surface area contributed by atoms with E-state index in [1.807, 2.05) is 48.6 Å². The van der Waals surface area contributed by atoms with Crippen LogP contribution < -0.4 is 0 Å². The Kier molecular flexibility index (Phi) is 5.33. The third kappa shape index (κ3) is 3.81. The minimum atomic E-state index is -0.815. The fourth-order valence-electron chi connectivity index (χ4n) is 3.48. The van der Waals surface area contributed by atoms with Crippen molar-refractivity contribution in [2.75, 3.05) is 0 Å². The summed E-state index contributed by atoms with van der Waals surface area (Å²) in [5, 5.41) is 18.2. The average molecular weight is 392 g/mol. The first kappa shape index (κ1) is 19.1. The standard InChI is InChI=1S/C23H16N6O/c24-28-26-18-9-5-15(6-10-18)13-17-14-22(21-4-2-1-3-20(17)21)23(30)16-7-11-19(12-8-16)27-29-25/h1-14,23,30H. The summed E-state index contributed by atoms with van der Waals surface area (Å²) in [6.07, 6.45) is 3.20. The summed E-state index contributed by atoms with van der Waals surface area (Å²) < 4.78 is 0. The summed E-state index contributed by atoms with van der Waals surface area (Å²) in [5.41, 5.74) is 23.6. The number of nitrogens with zero attached hydrogens (tertiary/aromatic N) is 6. The molecule has 4 rings (SSSR count). The summed E-state index contributed by atoms with van der Waals surface area (Å²) >= 11 is 0. The van der Waals surface area contributed by atoms with Gasteiger partial charge in [0.15, 0.2) is 0 Å². The van der Waals surface area contributed by atoms with Crippen LogP contribution >= 0.6 is 0 Å². The summed E-state index contributed by atoms with van der Waals surface area (Å²) in [5.74, 6) is 0. The third-order valence-corrected chi connectivity index (χ3v) is 4.90. The molecular formula is C23H16N6O. The van der Waals surface area contributed by atoms with Crippen molar-refractivity contribution in [2.24, 2.45) is 10.2 Å². The maximum absolute atomic E-state index is 11.0. The molecule has 3 aromatic carbocycles. The number of rotatable bonds is 5. The van der Waals surface area contributed by atoms with Crippen LogP contribution in [0.15, 0.2) is 89.1 Å². The van der Waals surface area contributed by atoms with E-state index in [9.17, 15) is 5.11 Å². The fraction of sp³-hybridized carbons (Fsp3) is 0.0435. The van der Waals surface area contributed by atoms with E-state index in [-0.39, 0.29) is 0 Å². The van der Waals surface area contributed by atoms with Crippen LogP contribution in [0.25, 0.3) is 38.1 Å². The van der Waals surface area contributed by atoms with Gasteiger partial charge in [-0.05, 0) is 56.6 Å². The number of hydrogen-bond acceptors (Lipinski definition) is 3. The van der Waals surface area contributed by atoms with Crippen molar-refractivity contribution in [1.29, 1.82) is 0 Å². The molecule has 7 heteroatoms. The van der Waals surface area contributed by atoms with Gasteiger partial charge in [0.25, 0.3) is 0 Å². The highest BCUT2D eigenvalue weighted by atomic mass is 16.3. The molecule has 0 aromatic heterocycles. The number of benzene rings is 3. The van der Waals surface area contributed by atoms with Gasteiger partial charge < -0.3 is 5.11 Å². The van der Waals surface area contributed by atoms with Crippen molar-refractivity contribution < 1.29 is 5.11 Å². The molecule has 1 atom stereocenters. The molecule has 7 nitrogen and oxygen atoms in total. The Balaban J connectivity index is 1.71. The SMILES string of the molecule is [N-]=[N+]=Nc1ccc(C=C2C=C(C(O)c3ccc(N=[N+]=[N-])cc3)c3ccccc32)cc1. The second kappa shape index (κ2) is 8.39. The van der Waals surface area contributed by atoms with Crippen LogP contribution in [0, 0.1) is 0 Å². The first-order chi connectivity index (χ1) is 14.7.